The van der Waals surface area contributed by atoms with Crippen LogP contribution in [0.5, 0.6) is 0 Å². The third-order valence-corrected chi connectivity index (χ3v) is 4.31. The summed E-state index contributed by atoms with van der Waals surface area (Å²) < 4.78 is 5.17. The second-order valence-electron chi connectivity index (χ2n) is 6.66. The maximum atomic E-state index is 12.3. The molecule has 6 nitrogen and oxygen atoms in total. The zero-order valence-corrected chi connectivity index (χ0v) is 15.1. The van der Waals surface area contributed by atoms with E-state index < -0.39 is 0 Å². The smallest absolute Gasteiger partial charge is 0.227 e. The van der Waals surface area contributed by atoms with Crippen molar-refractivity contribution in [3.63, 3.8) is 0 Å². The number of rotatable bonds is 7. The molecule has 3 N–H and O–H groups in total. The first-order valence-corrected chi connectivity index (χ1v) is 8.87. The van der Waals surface area contributed by atoms with Crippen LogP contribution in [0.4, 0.5) is 0 Å². The number of fused-ring (bicyclic) bond motifs is 1. The number of carbonyl (C=O) groups is 1. The first-order valence-electron chi connectivity index (χ1n) is 8.87. The Morgan fingerprint density at radius 2 is 1.96 bits per heavy atom. The molecule has 0 spiro atoms. The molecule has 0 aliphatic heterocycles. The summed E-state index contributed by atoms with van der Waals surface area (Å²) in [4.78, 5) is 16.6. The maximum Gasteiger partial charge on any atom is 0.227 e. The standard InChI is InChI=1S/C20H24N4O2/c1-13(2)20-23-19(26-24-20)10-9-18(25)22-17(12-21)16-8-7-14-5-3-4-6-15(14)11-16/h3-8,11,13,17H,9-10,12,21H2,1-2H3,(H,22,25). The summed E-state index contributed by atoms with van der Waals surface area (Å²) in [6, 6.07) is 14.0. The summed E-state index contributed by atoms with van der Waals surface area (Å²) in [5.74, 6) is 1.27. The molecule has 3 rings (SSSR count). The van der Waals surface area contributed by atoms with Gasteiger partial charge >= 0.3 is 0 Å². The molecule has 1 heterocycles. The van der Waals surface area contributed by atoms with Crippen molar-refractivity contribution in [2.24, 2.45) is 5.73 Å². The molecule has 1 aromatic heterocycles. The number of nitrogens with one attached hydrogen (secondary N) is 1. The van der Waals surface area contributed by atoms with E-state index in [1.807, 2.05) is 38.1 Å². The molecule has 1 amide bonds. The van der Waals surface area contributed by atoms with E-state index >= 15 is 0 Å². The molecule has 0 aliphatic carbocycles. The molecule has 1 atom stereocenters. The van der Waals surface area contributed by atoms with Crippen LogP contribution in [-0.4, -0.2) is 22.6 Å². The minimum atomic E-state index is -0.221. The molecular weight excluding hydrogens is 328 g/mol. The third-order valence-electron chi connectivity index (χ3n) is 4.31. The molecule has 0 saturated heterocycles. The molecular formula is C20H24N4O2. The van der Waals surface area contributed by atoms with Crippen molar-refractivity contribution < 1.29 is 9.32 Å². The summed E-state index contributed by atoms with van der Waals surface area (Å²) in [6.07, 6.45) is 0.699. The minimum Gasteiger partial charge on any atom is -0.348 e. The van der Waals surface area contributed by atoms with Crippen molar-refractivity contribution in [2.45, 2.75) is 38.6 Å². The number of amides is 1. The first kappa shape index (κ1) is 18.1. The Kier molecular flexibility index (Phi) is 5.63. The average molecular weight is 352 g/mol. The molecule has 136 valence electrons. The van der Waals surface area contributed by atoms with Crippen molar-refractivity contribution >= 4 is 16.7 Å². The fourth-order valence-corrected chi connectivity index (χ4v) is 2.79. The number of hydrogen-bond acceptors (Lipinski definition) is 5. The monoisotopic (exact) mass is 352 g/mol. The highest BCUT2D eigenvalue weighted by Gasteiger charge is 2.15. The van der Waals surface area contributed by atoms with Crippen LogP contribution < -0.4 is 11.1 Å². The number of nitrogens with zero attached hydrogens (tertiary/aromatic N) is 2. The number of hydrogen-bond donors (Lipinski definition) is 2. The Labute approximate surface area is 152 Å². The van der Waals surface area contributed by atoms with Gasteiger partial charge in [-0.2, -0.15) is 4.98 Å². The van der Waals surface area contributed by atoms with Gasteiger partial charge in [-0.05, 0) is 22.4 Å². The fourth-order valence-electron chi connectivity index (χ4n) is 2.79. The Bertz CT molecular complexity index is 888. The van der Waals surface area contributed by atoms with Crippen LogP contribution in [0.3, 0.4) is 0 Å². The molecule has 3 aromatic rings. The number of aromatic nitrogens is 2. The van der Waals surface area contributed by atoms with Gasteiger partial charge in [-0.25, -0.2) is 0 Å². The minimum absolute atomic E-state index is 0.0853. The maximum absolute atomic E-state index is 12.3. The predicted molar refractivity (Wildman–Crippen MR) is 101 cm³/mol. The van der Waals surface area contributed by atoms with E-state index in [9.17, 15) is 4.79 Å². The summed E-state index contributed by atoms with van der Waals surface area (Å²) in [5, 5.41) is 9.20. The normalized spacial score (nSPS) is 12.5. The predicted octanol–water partition coefficient (Wildman–Crippen LogP) is 3.10. The van der Waals surface area contributed by atoms with E-state index in [1.165, 1.54) is 0 Å². The molecule has 26 heavy (non-hydrogen) atoms. The summed E-state index contributed by atoms with van der Waals surface area (Å²) >= 11 is 0. The van der Waals surface area contributed by atoms with Crippen LogP contribution in [0, 0.1) is 0 Å². The number of nitrogens with two attached hydrogens (primary N) is 1. The molecule has 2 aromatic carbocycles. The molecule has 1 unspecified atom stereocenters. The lowest BCUT2D eigenvalue weighted by Gasteiger charge is -2.17. The quantitative estimate of drug-likeness (QED) is 0.681. The highest BCUT2D eigenvalue weighted by molar-refractivity contribution is 5.83. The molecule has 6 heteroatoms. The number of carbonyl (C=O) groups excluding carboxylic acids is 1. The lowest BCUT2D eigenvalue weighted by Crippen LogP contribution is -2.33. The number of benzene rings is 2. The lowest BCUT2D eigenvalue weighted by molar-refractivity contribution is -0.121. The van der Waals surface area contributed by atoms with Crippen molar-refractivity contribution in [3.8, 4) is 0 Å². The van der Waals surface area contributed by atoms with Gasteiger partial charge in [-0.1, -0.05) is 55.4 Å². The van der Waals surface area contributed by atoms with Gasteiger partial charge in [0.05, 0.1) is 6.04 Å². The zero-order chi connectivity index (χ0) is 18.5. The van der Waals surface area contributed by atoms with Crippen molar-refractivity contribution in [1.82, 2.24) is 15.5 Å². The van der Waals surface area contributed by atoms with E-state index in [1.54, 1.807) is 0 Å². The van der Waals surface area contributed by atoms with Crippen molar-refractivity contribution in [3.05, 3.63) is 59.7 Å². The fraction of sp³-hybridized carbons (Fsp3) is 0.350. The highest BCUT2D eigenvalue weighted by Crippen LogP contribution is 2.20. The van der Waals surface area contributed by atoms with E-state index in [4.69, 9.17) is 10.3 Å². The number of aryl methyl sites for hydroxylation is 1. The van der Waals surface area contributed by atoms with E-state index in [2.05, 4.69) is 33.7 Å². The van der Waals surface area contributed by atoms with Gasteiger partial charge < -0.3 is 15.6 Å². The van der Waals surface area contributed by atoms with Gasteiger partial charge in [0.25, 0.3) is 0 Å². The van der Waals surface area contributed by atoms with Crippen LogP contribution in [-0.2, 0) is 11.2 Å². The van der Waals surface area contributed by atoms with Crippen molar-refractivity contribution in [1.29, 1.82) is 0 Å². The SMILES string of the molecule is CC(C)c1noc(CCC(=O)NC(CN)c2ccc3ccccc3c2)n1. The van der Waals surface area contributed by atoms with Crippen LogP contribution in [0.1, 0.15) is 49.5 Å². The summed E-state index contributed by atoms with van der Waals surface area (Å²) in [6.45, 7) is 4.33. The van der Waals surface area contributed by atoms with Gasteiger partial charge in [0.2, 0.25) is 11.8 Å². The van der Waals surface area contributed by atoms with Gasteiger partial charge in [-0.3, -0.25) is 4.79 Å². The summed E-state index contributed by atoms with van der Waals surface area (Å²) in [7, 11) is 0. The van der Waals surface area contributed by atoms with E-state index in [0.29, 0.717) is 24.7 Å². The lowest BCUT2D eigenvalue weighted by atomic mass is 10.0. The second kappa shape index (κ2) is 8.10. The molecule has 0 aliphatic rings. The zero-order valence-electron chi connectivity index (χ0n) is 15.1. The Morgan fingerprint density at radius 1 is 1.19 bits per heavy atom. The molecule has 0 radical (unpaired) electrons. The van der Waals surface area contributed by atoms with Gasteiger partial charge in [0, 0.05) is 25.3 Å². The topological polar surface area (TPSA) is 94.0 Å². The summed E-state index contributed by atoms with van der Waals surface area (Å²) in [5.41, 5.74) is 6.88. The van der Waals surface area contributed by atoms with Gasteiger partial charge in [-0.15, -0.1) is 0 Å². The highest BCUT2D eigenvalue weighted by atomic mass is 16.5. The van der Waals surface area contributed by atoms with E-state index in [-0.39, 0.29) is 24.3 Å². The van der Waals surface area contributed by atoms with Crippen molar-refractivity contribution in [2.75, 3.05) is 6.54 Å². The Hall–Kier alpha value is -2.73. The molecule has 0 fully saturated rings. The molecule has 0 bridgehead atoms. The second-order valence-corrected chi connectivity index (χ2v) is 6.66. The van der Waals surface area contributed by atoms with E-state index in [0.717, 1.165) is 16.3 Å². The largest absolute Gasteiger partial charge is 0.348 e. The van der Waals surface area contributed by atoms with Crippen LogP contribution in [0.2, 0.25) is 0 Å². The Morgan fingerprint density at radius 3 is 2.65 bits per heavy atom. The van der Waals surface area contributed by atoms with Gasteiger partial charge in [0.15, 0.2) is 5.82 Å². The first-order chi connectivity index (χ1) is 12.6. The van der Waals surface area contributed by atoms with Gasteiger partial charge in [0.1, 0.15) is 0 Å². The van der Waals surface area contributed by atoms with Crippen LogP contribution in [0.25, 0.3) is 10.8 Å². The van der Waals surface area contributed by atoms with Crippen LogP contribution in [0.15, 0.2) is 47.0 Å². The Balaban J connectivity index is 1.61. The molecule has 0 saturated carbocycles. The van der Waals surface area contributed by atoms with Crippen LogP contribution >= 0.6 is 0 Å². The third kappa shape index (κ3) is 4.26. The average Bonchev–Trinajstić information content (AvgIpc) is 3.13.